The van der Waals surface area contributed by atoms with Crippen molar-refractivity contribution < 1.29 is 5.11 Å². The molecule has 1 fully saturated rings. The molecule has 1 aromatic heterocycles. The molecule has 5 heteroatoms. The highest BCUT2D eigenvalue weighted by Crippen LogP contribution is 2.28. The maximum Gasteiger partial charge on any atom is 0.185 e. The number of thiazole rings is 1. The van der Waals surface area contributed by atoms with Crippen molar-refractivity contribution in [2.75, 3.05) is 32.1 Å². The first kappa shape index (κ1) is 12.8. The Kier molecular flexibility index (Phi) is 4.01. The van der Waals surface area contributed by atoms with Gasteiger partial charge in [-0.25, -0.2) is 4.98 Å². The highest BCUT2D eigenvalue weighted by molar-refractivity contribution is 7.15. The van der Waals surface area contributed by atoms with Gasteiger partial charge in [-0.2, -0.15) is 0 Å². The molecule has 17 heavy (non-hydrogen) atoms. The number of hydrogen-bond donors (Lipinski definition) is 1. The molecule has 0 aliphatic carbocycles. The van der Waals surface area contributed by atoms with E-state index in [-0.39, 0.29) is 6.61 Å². The van der Waals surface area contributed by atoms with Crippen LogP contribution in [0.2, 0.25) is 0 Å². The first-order valence-electron chi connectivity index (χ1n) is 6.10. The summed E-state index contributed by atoms with van der Waals surface area (Å²) in [5, 5.41) is 10.2. The van der Waals surface area contributed by atoms with Crippen LogP contribution in [-0.2, 0) is 6.61 Å². The van der Waals surface area contributed by atoms with Crippen LogP contribution in [0.15, 0.2) is 0 Å². The molecule has 2 heterocycles. The number of aryl methyl sites for hydroxylation is 1. The Balaban J connectivity index is 2.09. The number of anilines is 1. The number of aliphatic hydroxyl groups is 1. The number of piperidine rings is 1. The Labute approximate surface area is 107 Å². The number of likely N-dealkylation sites (N-methyl/N-ethyl adjacent to an activating group) is 2. The van der Waals surface area contributed by atoms with E-state index in [4.69, 9.17) is 0 Å². The van der Waals surface area contributed by atoms with E-state index in [1.165, 1.54) is 19.4 Å². The smallest absolute Gasteiger partial charge is 0.185 e. The average molecular weight is 255 g/mol. The van der Waals surface area contributed by atoms with Gasteiger partial charge in [-0.1, -0.05) is 11.3 Å². The molecule has 0 saturated carbocycles. The number of rotatable bonds is 3. The van der Waals surface area contributed by atoms with Gasteiger partial charge in [0.25, 0.3) is 0 Å². The molecule has 1 aliphatic heterocycles. The van der Waals surface area contributed by atoms with Gasteiger partial charge < -0.3 is 14.9 Å². The number of nitrogens with zero attached hydrogens (tertiary/aromatic N) is 3. The number of likely N-dealkylation sites (tertiary alicyclic amines) is 1. The number of hydrogen-bond acceptors (Lipinski definition) is 5. The maximum absolute atomic E-state index is 9.21. The maximum atomic E-state index is 9.21. The van der Waals surface area contributed by atoms with Gasteiger partial charge in [-0.05, 0) is 33.4 Å². The molecule has 1 unspecified atom stereocenters. The Morgan fingerprint density at radius 2 is 2.35 bits per heavy atom. The molecule has 0 aromatic carbocycles. The predicted octanol–water partition coefficient (Wildman–Crippen LogP) is 1.47. The molecule has 1 saturated heterocycles. The molecule has 0 bridgehead atoms. The lowest BCUT2D eigenvalue weighted by molar-refractivity contribution is 0.248. The van der Waals surface area contributed by atoms with Crippen LogP contribution in [0.4, 0.5) is 5.13 Å². The summed E-state index contributed by atoms with van der Waals surface area (Å²) in [4.78, 5) is 10.2. The summed E-state index contributed by atoms with van der Waals surface area (Å²) >= 11 is 1.61. The summed E-state index contributed by atoms with van der Waals surface area (Å²) in [5.74, 6) is 0. The molecule has 1 aliphatic rings. The number of aromatic nitrogens is 1. The van der Waals surface area contributed by atoms with Gasteiger partial charge in [0.2, 0.25) is 0 Å². The van der Waals surface area contributed by atoms with E-state index in [1.54, 1.807) is 11.3 Å². The van der Waals surface area contributed by atoms with Gasteiger partial charge in [0.15, 0.2) is 5.13 Å². The largest absolute Gasteiger partial charge is 0.391 e. The van der Waals surface area contributed by atoms with E-state index < -0.39 is 0 Å². The summed E-state index contributed by atoms with van der Waals surface area (Å²) in [6.45, 7) is 4.36. The standard InChI is InChI=1S/C12H21N3OS/c1-9-11(8-16)17-12(13-9)15(3)10-5-4-6-14(2)7-10/h10,16H,4-8H2,1-3H3. The lowest BCUT2D eigenvalue weighted by Crippen LogP contribution is -2.45. The summed E-state index contributed by atoms with van der Waals surface area (Å²) in [7, 11) is 4.29. The molecular weight excluding hydrogens is 234 g/mol. The Bertz CT molecular complexity index is 380. The molecule has 1 atom stereocenters. The van der Waals surface area contributed by atoms with Crippen LogP contribution >= 0.6 is 11.3 Å². The number of aliphatic hydroxyl groups excluding tert-OH is 1. The van der Waals surface area contributed by atoms with Crippen molar-refractivity contribution in [3.8, 4) is 0 Å². The first-order chi connectivity index (χ1) is 8.11. The van der Waals surface area contributed by atoms with E-state index in [0.717, 1.165) is 22.2 Å². The van der Waals surface area contributed by atoms with E-state index in [0.29, 0.717) is 6.04 Å². The molecule has 0 radical (unpaired) electrons. The van der Waals surface area contributed by atoms with E-state index in [1.807, 2.05) is 6.92 Å². The minimum absolute atomic E-state index is 0.0991. The first-order valence-corrected chi connectivity index (χ1v) is 6.92. The minimum Gasteiger partial charge on any atom is -0.391 e. The van der Waals surface area contributed by atoms with Crippen LogP contribution in [0.1, 0.15) is 23.4 Å². The molecule has 1 aromatic rings. The van der Waals surface area contributed by atoms with Gasteiger partial charge in [-0.3, -0.25) is 0 Å². The van der Waals surface area contributed by atoms with Crippen LogP contribution in [-0.4, -0.2) is 48.2 Å². The zero-order valence-electron chi connectivity index (χ0n) is 10.8. The molecule has 1 N–H and O–H groups in total. The quantitative estimate of drug-likeness (QED) is 0.888. The summed E-state index contributed by atoms with van der Waals surface area (Å²) in [6.07, 6.45) is 2.48. The van der Waals surface area contributed by atoms with Crippen molar-refractivity contribution >= 4 is 16.5 Å². The monoisotopic (exact) mass is 255 g/mol. The van der Waals surface area contributed by atoms with Crippen LogP contribution in [0.3, 0.4) is 0 Å². The topological polar surface area (TPSA) is 39.6 Å². The van der Waals surface area contributed by atoms with Gasteiger partial charge >= 0.3 is 0 Å². The Morgan fingerprint density at radius 1 is 1.59 bits per heavy atom. The highest BCUT2D eigenvalue weighted by atomic mass is 32.1. The minimum atomic E-state index is 0.0991. The molecule has 2 rings (SSSR count). The van der Waals surface area contributed by atoms with Crippen molar-refractivity contribution in [1.82, 2.24) is 9.88 Å². The lowest BCUT2D eigenvalue weighted by atomic mass is 10.1. The molecule has 4 nitrogen and oxygen atoms in total. The molecule has 0 amide bonds. The second-order valence-corrected chi connectivity index (χ2v) is 5.89. The average Bonchev–Trinajstić information content (AvgIpc) is 2.69. The third-order valence-corrected chi connectivity index (χ3v) is 4.71. The fraction of sp³-hybridized carbons (Fsp3) is 0.750. The van der Waals surface area contributed by atoms with Gasteiger partial charge in [-0.15, -0.1) is 0 Å². The van der Waals surface area contributed by atoms with Gasteiger partial charge in [0.05, 0.1) is 17.2 Å². The summed E-state index contributed by atoms with van der Waals surface area (Å²) in [6, 6.07) is 0.547. The lowest BCUT2D eigenvalue weighted by Gasteiger charge is -2.35. The second kappa shape index (κ2) is 5.33. The third kappa shape index (κ3) is 2.78. The van der Waals surface area contributed by atoms with Crippen LogP contribution in [0, 0.1) is 6.92 Å². The van der Waals surface area contributed by atoms with E-state index >= 15 is 0 Å². The van der Waals surface area contributed by atoms with Crippen LogP contribution in [0.25, 0.3) is 0 Å². The Morgan fingerprint density at radius 3 is 2.94 bits per heavy atom. The van der Waals surface area contributed by atoms with Crippen molar-refractivity contribution in [2.24, 2.45) is 0 Å². The van der Waals surface area contributed by atoms with Crippen molar-refractivity contribution in [1.29, 1.82) is 0 Å². The molecule has 96 valence electrons. The van der Waals surface area contributed by atoms with E-state index in [9.17, 15) is 5.11 Å². The van der Waals surface area contributed by atoms with Crippen molar-refractivity contribution in [2.45, 2.75) is 32.4 Å². The normalized spacial score (nSPS) is 21.8. The SMILES string of the molecule is Cc1nc(N(C)C2CCCN(C)C2)sc1CO. The van der Waals surface area contributed by atoms with Crippen LogP contribution < -0.4 is 4.90 Å². The highest BCUT2D eigenvalue weighted by Gasteiger charge is 2.23. The third-order valence-electron chi connectivity index (χ3n) is 3.47. The van der Waals surface area contributed by atoms with E-state index in [2.05, 4.69) is 28.9 Å². The van der Waals surface area contributed by atoms with Gasteiger partial charge in [0.1, 0.15) is 0 Å². The zero-order valence-corrected chi connectivity index (χ0v) is 11.6. The Hall–Kier alpha value is -0.650. The van der Waals surface area contributed by atoms with Gasteiger partial charge in [0, 0.05) is 19.6 Å². The second-order valence-electron chi connectivity index (χ2n) is 4.83. The predicted molar refractivity (Wildman–Crippen MR) is 71.7 cm³/mol. The molecular formula is C12H21N3OS. The molecule has 0 spiro atoms. The van der Waals surface area contributed by atoms with Crippen LogP contribution in [0.5, 0.6) is 0 Å². The summed E-state index contributed by atoms with van der Waals surface area (Å²) < 4.78 is 0. The fourth-order valence-corrected chi connectivity index (χ4v) is 3.28. The summed E-state index contributed by atoms with van der Waals surface area (Å²) in [5.41, 5.74) is 0.962. The van der Waals surface area contributed by atoms with Crippen molar-refractivity contribution in [3.63, 3.8) is 0 Å². The zero-order chi connectivity index (χ0) is 12.4. The van der Waals surface area contributed by atoms with Crippen molar-refractivity contribution in [3.05, 3.63) is 10.6 Å². The fourth-order valence-electron chi connectivity index (χ4n) is 2.32.